The molecule has 1 amide bonds. The van der Waals surface area contributed by atoms with Crippen molar-refractivity contribution in [1.29, 1.82) is 0 Å². The minimum Gasteiger partial charge on any atom is -0.352 e. The number of carbonyl (C=O) groups excluding carboxylic acids is 1. The van der Waals surface area contributed by atoms with Gasteiger partial charge in [0.2, 0.25) is 5.91 Å². The van der Waals surface area contributed by atoms with Gasteiger partial charge in [-0.2, -0.15) is 0 Å². The lowest BCUT2D eigenvalue weighted by Gasteiger charge is -2.16. The van der Waals surface area contributed by atoms with Gasteiger partial charge in [0.1, 0.15) is 0 Å². The third-order valence-corrected chi connectivity index (χ3v) is 6.49. The van der Waals surface area contributed by atoms with Gasteiger partial charge in [0.15, 0.2) is 0 Å². The summed E-state index contributed by atoms with van der Waals surface area (Å²) in [4.78, 5) is 13.0. The molecule has 0 aromatic heterocycles. The van der Waals surface area contributed by atoms with Crippen LogP contribution in [0.15, 0.2) is 24.3 Å². The fourth-order valence-electron chi connectivity index (χ4n) is 4.28. The third-order valence-electron chi connectivity index (χ3n) is 5.39. The van der Waals surface area contributed by atoms with Crippen LogP contribution in [0.5, 0.6) is 0 Å². The Labute approximate surface area is 128 Å². The van der Waals surface area contributed by atoms with E-state index >= 15 is 0 Å². The molecule has 2 saturated carbocycles. The number of fused-ring (bicyclic) bond motifs is 3. The van der Waals surface area contributed by atoms with E-state index in [0.29, 0.717) is 28.6 Å². The van der Waals surface area contributed by atoms with Crippen LogP contribution in [-0.2, 0) is 11.2 Å². The molecule has 0 aliphatic heterocycles. The zero-order valence-electron chi connectivity index (χ0n) is 11.5. The normalized spacial score (nSPS) is 38.0. The SMILES string of the molecule is O=C(NC1CCCC1Br)C1C2CCc3ccccc3C21. The van der Waals surface area contributed by atoms with Gasteiger partial charge in [0, 0.05) is 16.8 Å². The Hall–Kier alpha value is -0.830. The lowest BCUT2D eigenvalue weighted by atomic mass is 9.92. The predicted molar refractivity (Wildman–Crippen MR) is 83.0 cm³/mol. The van der Waals surface area contributed by atoms with E-state index in [1.54, 1.807) is 0 Å². The van der Waals surface area contributed by atoms with Gasteiger partial charge >= 0.3 is 0 Å². The highest BCUT2D eigenvalue weighted by atomic mass is 79.9. The fourth-order valence-corrected chi connectivity index (χ4v) is 5.00. The van der Waals surface area contributed by atoms with Crippen LogP contribution in [-0.4, -0.2) is 16.8 Å². The number of aryl methyl sites for hydroxylation is 1. The fraction of sp³-hybridized carbons (Fsp3) is 0.588. The number of halogens is 1. The molecule has 1 aromatic carbocycles. The number of amides is 1. The summed E-state index contributed by atoms with van der Waals surface area (Å²) in [5.74, 6) is 1.63. The van der Waals surface area contributed by atoms with E-state index in [0.717, 1.165) is 12.8 Å². The minimum atomic E-state index is 0.235. The summed E-state index contributed by atoms with van der Waals surface area (Å²) < 4.78 is 0. The first-order valence-corrected chi connectivity index (χ1v) is 8.69. The third kappa shape index (κ3) is 2.02. The second-order valence-corrected chi connectivity index (χ2v) is 7.69. The lowest BCUT2D eigenvalue weighted by molar-refractivity contribution is -0.123. The molecule has 2 fully saturated rings. The Kier molecular flexibility index (Phi) is 3.13. The van der Waals surface area contributed by atoms with Crippen molar-refractivity contribution < 1.29 is 4.79 Å². The quantitative estimate of drug-likeness (QED) is 0.826. The van der Waals surface area contributed by atoms with Crippen LogP contribution in [0.2, 0.25) is 0 Å². The number of hydrogen-bond acceptors (Lipinski definition) is 1. The van der Waals surface area contributed by atoms with Crippen LogP contribution in [0.3, 0.4) is 0 Å². The second-order valence-electron chi connectivity index (χ2n) is 6.51. The van der Waals surface area contributed by atoms with E-state index in [9.17, 15) is 4.79 Å². The van der Waals surface area contributed by atoms with E-state index in [4.69, 9.17) is 0 Å². The Balaban J connectivity index is 1.48. The Bertz CT molecular complexity index is 544. The van der Waals surface area contributed by atoms with Gasteiger partial charge in [-0.3, -0.25) is 4.79 Å². The van der Waals surface area contributed by atoms with Gasteiger partial charge in [0.25, 0.3) is 0 Å². The van der Waals surface area contributed by atoms with Crippen LogP contribution in [0, 0.1) is 11.8 Å². The van der Waals surface area contributed by atoms with Crippen LogP contribution >= 0.6 is 15.9 Å². The monoisotopic (exact) mass is 333 g/mol. The van der Waals surface area contributed by atoms with Gasteiger partial charge in [-0.15, -0.1) is 0 Å². The highest BCUT2D eigenvalue weighted by molar-refractivity contribution is 9.09. The van der Waals surface area contributed by atoms with Crippen molar-refractivity contribution in [1.82, 2.24) is 5.32 Å². The zero-order chi connectivity index (χ0) is 13.7. The highest BCUT2D eigenvalue weighted by Gasteiger charge is 2.57. The predicted octanol–water partition coefficient (Wildman–Crippen LogP) is 3.39. The molecule has 0 saturated heterocycles. The summed E-state index contributed by atoms with van der Waals surface area (Å²) in [6.07, 6.45) is 5.86. The standard InChI is InChI=1S/C17H20BrNO/c18-13-6-3-7-14(13)19-17(20)16-12-9-8-10-4-1-2-5-11(10)15(12)16/h1-2,4-5,12-16H,3,6-9H2,(H,19,20). The highest BCUT2D eigenvalue weighted by Crippen LogP contribution is 2.59. The van der Waals surface area contributed by atoms with Gasteiger partial charge in [-0.05, 0) is 48.6 Å². The molecule has 20 heavy (non-hydrogen) atoms. The lowest BCUT2D eigenvalue weighted by Crippen LogP contribution is -2.39. The summed E-state index contributed by atoms with van der Waals surface area (Å²) in [5.41, 5.74) is 2.90. The molecule has 3 aliphatic carbocycles. The molecular weight excluding hydrogens is 314 g/mol. The molecule has 5 unspecified atom stereocenters. The van der Waals surface area contributed by atoms with E-state index in [1.807, 2.05) is 0 Å². The molecule has 3 heteroatoms. The smallest absolute Gasteiger partial charge is 0.224 e. The number of carbonyl (C=O) groups is 1. The Morgan fingerprint density at radius 1 is 1.20 bits per heavy atom. The Morgan fingerprint density at radius 3 is 2.85 bits per heavy atom. The zero-order valence-corrected chi connectivity index (χ0v) is 13.1. The molecule has 3 aliphatic rings. The molecule has 106 valence electrons. The van der Waals surface area contributed by atoms with E-state index < -0.39 is 0 Å². The number of alkyl halides is 1. The largest absolute Gasteiger partial charge is 0.352 e. The number of nitrogens with one attached hydrogen (secondary N) is 1. The van der Waals surface area contributed by atoms with Crippen molar-refractivity contribution in [2.75, 3.05) is 0 Å². The molecule has 0 bridgehead atoms. The van der Waals surface area contributed by atoms with Gasteiger partial charge in [-0.1, -0.05) is 46.6 Å². The van der Waals surface area contributed by atoms with Crippen molar-refractivity contribution in [3.63, 3.8) is 0 Å². The van der Waals surface area contributed by atoms with Crippen molar-refractivity contribution in [2.24, 2.45) is 11.8 Å². The molecule has 0 spiro atoms. The maximum Gasteiger partial charge on any atom is 0.224 e. The summed E-state index contributed by atoms with van der Waals surface area (Å²) in [6.45, 7) is 0. The van der Waals surface area contributed by atoms with Crippen LogP contribution in [0.4, 0.5) is 0 Å². The molecule has 0 radical (unpaired) electrons. The van der Waals surface area contributed by atoms with Crippen LogP contribution < -0.4 is 5.32 Å². The molecule has 1 aromatic rings. The van der Waals surface area contributed by atoms with Gasteiger partial charge in [0.05, 0.1) is 0 Å². The molecule has 0 heterocycles. The molecular formula is C17H20BrNO. The molecule has 4 rings (SSSR count). The summed E-state index contributed by atoms with van der Waals surface area (Å²) in [6, 6.07) is 9.03. The first kappa shape index (κ1) is 12.9. The number of benzene rings is 1. The van der Waals surface area contributed by atoms with Crippen molar-refractivity contribution in [2.45, 2.75) is 48.9 Å². The average Bonchev–Trinajstić information content (AvgIpc) is 3.09. The molecule has 2 nitrogen and oxygen atoms in total. The summed E-state index contributed by atoms with van der Waals surface area (Å²) in [5, 5.41) is 3.29. The summed E-state index contributed by atoms with van der Waals surface area (Å²) in [7, 11) is 0. The maximum atomic E-state index is 12.6. The Morgan fingerprint density at radius 2 is 2.05 bits per heavy atom. The van der Waals surface area contributed by atoms with E-state index in [1.165, 1.54) is 30.4 Å². The van der Waals surface area contributed by atoms with Crippen LogP contribution in [0.25, 0.3) is 0 Å². The average molecular weight is 334 g/mol. The number of hydrogen-bond donors (Lipinski definition) is 1. The van der Waals surface area contributed by atoms with Crippen LogP contribution in [0.1, 0.15) is 42.7 Å². The first-order chi connectivity index (χ1) is 9.75. The van der Waals surface area contributed by atoms with E-state index in [2.05, 4.69) is 45.5 Å². The summed E-state index contributed by atoms with van der Waals surface area (Å²) >= 11 is 3.69. The first-order valence-electron chi connectivity index (χ1n) is 7.78. The number of rotatable bonds is 2. The van der Waals surface area contributed by atoms with E-state index in [-0.39, 0.29) is 5.92 Å². The second kappa shape index (κ2) is 4.87. The topological polar surface area (TPSA) is 29.1 Å². The van der Waals surface area contributed by atoms with Gasteiger partial charge in [-0.25, -0.2) is 0 Å². The minimum absolute atomic E-state index is 0.235. The molecule has 1 N–H and O–H groups in total. The maximum absolute atomic E-state index is 12.6. The van der Waals surface area contributed by atoms with Crippen molar-refractivity contribution in [3.8, 4) is 0 Å². The van der Waals surface area contributed by atoms with Gasteiger partial charge < -0.3 is 5.32 Å². The van der Waals surface area contributed by atoms with Crippen molar-refractivity contribution >= 4 is 21.8 Å². The molecule has 5 atom stereocenters. The van der Waals surface area contributed by atoms with Crippen molar-refractivity contribution in [3.05, 3.63) is 35.4 Å².